The lowest BCUT2D eigenvalue weighted by Gasteiger charge is -2.09. The number of nitrogens with one attached hydrogen (secondary N) is 2. The van der Waals surface area contributed by atoms with Crippen molar-refractivity contribution in [2.45, 2.75) is 12.8 Å². The highest BCUT2D eigenvalue weighted by Gasteiger charge is 2.23. The molecule has 1 aromatic rings. The number of carbonyl (C=O) groups is 2. The van der Waals surface area contributed by atoms with Gasteiger partial charge in [-0.05, 0) is 24.1 Å². The molecule has 6 nitrogen and oxygen atoms in total. The van der Waals surface area contributed by atoms with E-state index in [1.165, 1.54) is 0 Å². The van der Waals surface area contributed by atoms with Gasteiger partial charge in [-0.2, -0.15) is 0 Å². The van der Waals surface area contributed by atoms with E-state index in [-0.39, 0.29) is 18.2 Å². The molecule has 1 heterocycles. The van der Waals surface area contributed by atoms with Gasteiger partial charge >= 0.3 is 0 Å². The number of imide groups is 1. The Labute approximate surface area is 123 Å². The summed E-state index contributed by atoms with van der Waals surface area (Å²) in [6, 6.07) is 5.73. The number of rotatable bonds is 6. The molecule has 1 aliphatic rings. The average Bonchev–Trinajstić information content (AvgIpc) is 2.81. The van der Waals surface area contributed by atoms with Gasteiger partial charge in [0.15, 0.2) is 11.5 Å². The van der Waals surface area contributed by atoms with Crippen LogP contribution in [0.25, 0.3) is 0 Å². The van der Waals surface area contributed by atoms with Crippen molar-refractivity contribution in [3.05, 3.63) is 35.5 Å². The maximum Gasteiger partial charge on any atom is 0.255 e. The standard InChI is InChI=1S/C15H18N2O4/c1-20-12-4-3-10(7-13(12)21-2)5-6-16-9-11-8-14(18)17-15(11)19/h3-4,7,9,16H,5-6,8H2,1-2H3,(H,17,18,19). The van der Waals surface area contributed by atoms with Gasteiger partial charge in [0.2, 0.25) is 5.91 Å². The number of amides is 2. The van der Waals surface area contributed by atoms with Crippen LogP contribution in [0.2, 0.25) is 0 Å². The highest BCUT2D eigenvalue weighted by molar-refractivity contribution is 6.13. The molecule has 0 unspecified atom stereocenters. The number of benzene rings is 1. The van der Waals surface area contributed by atoms with Gasteiger partial charge in [0.1, 0.15) is 0 Å². The van der Waals surface area contributed by atoms with Crippen molar-refractivity contribution in [3.63, 3.8) is 0 Å². The Hall–Kier alpha value is -2.50. The summed E-state index contributed by atoms with van der Waals surface area (Å²) in [5.41, 5.74) is 1.55. The van der Waals surface area contributed by atoms with Crippen molar-refractivity contribution in [2.75, 3.05) is 20.8 Å². The van der Waals surface area contributed by atoms with Gasteiger partial charge in [0.25, 0.3) is 5.91 Å². The molecular formula is C15H18N2O4. The molecule has 0 saturated carbocycles. The van der Waals surface area contributed by atoms with Crippen molar-refractivity contribution >= 4 is 11.8 Å². The molecule has 0 aromatic heterocycles. The second-order valence-electron chi connectivity index (χ2n) is 4.62. The van der Waals surface area contributed by atoms with Crippen LogP contribution >= 0.6 is 0 Å². The third-order valence-electron chi connectivity index (χ3n) is 3.18. The Morgan fingerprint density at radius 2 is 2.00 bits per heavy atom. The maximum atomic E-state index is 11.3. The minimum Gasteiger partial charge on any atom is -0.493 e. The Balaban J connectivity index is 1.88. The largest absolute Gasteiger partial charge is 0.493 e. The first kappa shape index (κ1) is 14.9. The van der Waals surface area contributed by atoms with E-state index in [4.69, 9.17) is 9.47 Å². The second-order valence-corrected chi connectivity index (χ2v) is 4.62. The third-order valence-corrected chi connectivity index (χ3v) is 3.18. The highest BCUT2D eigenvalue weighted by atomic mass is 16.5. The summed E-state index contributed by atoms with van der Waals surface area (Å²) in [5.74, 6) is 0.804. The zero-order valence-electron chi connectivity index (χ0n) is 12.1. The van der Waals surface area contributed by atoms with Crippen LogP contribution in [0.5, 0.6) is 11.5 Å². The molecule has 0 bridgehead atoms. The molecule has 1 saturated heterocycles. The quantitative estimate of drug-likeness (QED) is 0.460. The lowest BCUT2D eigenvalue weighted by atomic mass is 10.1. The van der Waals surface area contributed by atoms with Gasteiger partial charge in [0.05, 0.1) is 20.6 Å². The predicted octanol–water partition coefficient (Wildman–Crippen LogP) is 0.766. The first-order valence-corrected chi connectivity index (χ1v) is 6.61. The molecule has 0 radical (unpaired) electrons. The first-order valence-electron chi connectivity index (χ1n) is 6.61. The van der Waals surface area contributed by atoms with E-state index in [1.54, 1.807) is 20.4 Å². The summed E-state index contributed by atoms with van der Waals surface area (Å²) in [6.45, 7) is 0.653. The molecule has 1 fully saturated rings. The minimum absolute atomic E-state index is 0.141. The fourth-order valence-corrected chi connectivity index (χ4v) is 2.07. The van der Waals surface area contributed by atoms with Gasteiger partial charge in [-0.1, -0.05) is 6.07 Å². The maximum absolute atomic E-state index is 11.3. The van der Waals surface area contributed by atoms with Crippen molar-refractivity contribution in [1.29, 1.82) is 0 Å². The molecule has 21 heavy (non-hydrogen) atoms. The normalized spacial score (nSPS) is 16.0. The van der Waals surface area contributed by atoms with Crippen LogP contribution in [-0.2, 0) is 16.0 Å². The van der Waals surface area contributed by atoms with Gasteiger partial charge in [-0.3, -0.25) is 14.9 Å². The summed E-state index contributed by atoms with van der Waals surface area (Å²) in [5, 5.41) is 5.28. The lowest BCUT2D eigenvalue weighted by molar-refractivity contribution is -0.124. The fourth-order valence-electron chi connectivity index (χ4n) is 2.07. The monoisotopic (exact) mass is 290 g/mol. The van der Waals surface area contributed by atoms with E-state index < -0.39 is 0 Å². The average molecular weight is 290 g/mol. The van der Waals surface area contributed by atoms with Crippen LogP contribution in [-0.4, -0.2) is 32.6 Å². The van der Waals surface area contributed by atoms with Crippen LogP contribution in [0.15, 0.2) is 30.0 Å². The molecule has 1 aliphatic heterocycles. The summed E-state index contributed by atoms with van der Waals surface area (Å²) in [7, 11) is 3.19. The number of hydrogen-bond donors (Lipinski definition) is 2. The van der Waals surface area contributed by atoms with Crippen LogP contribution in [0.1, 0.15) is 12.0 Å². The zero-order valence-corrected chi connectivity index (χ0v) is 12.1. The van der Waals surface area contributed by atoms with Crippen molar-refractivity contribution < 1.29 is 19.1 Å². The van der Waals surface area contributed by atoms with Gasteiger partial charge in [-0.25, -0.2) is 0 Å². The van der Waals surface area contributed by atoms with E-state index in [9.17, 15) is 9.59 Å². The molecular weight excluding hydrogens is 272 g/mol. The van der Waals surface area contributed by atoms with E-state index >= 15 is 0 Å². The Bertz CT molecular complexity index is 581. The van der Waals surface area contributed by atoms with Crippen molar-refractivity contribution in [2.24, 2.45) is 0 Å². The Morgan fingerprint density at radius 3 is 2.62 bits per heavy atom. The first-order chi connectivity index (χ1) is 10.1. The Kier molecular flexibility index (Phi) is 4.81. The van der Waals surface area contributed by atoms with Crippen LogP contribution < -0.4 is 20.1 Å². The predicted molar refractivity (Wildman–Crippen MR) is 77.1 cm³/mol. The number of ether oxygens (including phenoxy) is 2. The summed E-state index contributed by atoms with van der Waals surface area (Å²) in [6.07, 6.45) is 2.50. The van der Waals surface area contributed by atoms with E-state index in [0.717, 1.165) is 12.0 Å². The zero-order chi connectivity index (χ0) is 15.2. The smallest absolute Gasteiger partial charge is 0.255 e. The van der Waals surface area contributed by atoms with Crippen LogP contribution in [0, 0.1) is 0 Å². The van der Waals surface area contributed by atoms with Crippen LogP contribution in [0.4, 0.5) is 0 Å². The van der Waals surface area contributed by atoms with E-state index in [0.29, 0.717) is 23.6 Å². The molecule has 2 rings (SSSR count). The highest BCUT2D eigenvalue weighted by Crippen LogP contribution is 2.27. The fraction of sp³-hybridized carbons (Fsp3) is 0.333. The number of methoxy groups -OCH3 is 2. The topological polar surface area (TPSA) is 76.7 Å². The molecule has 2 N–H and O–H groups in total. The van der Waals surface area contributed by atoms with Crippen molar-refractivity contribution in [3.8, 4) is 11.5 Å². The molecule has 112 valence electrons. The molecule has 6 heteroatoms. The van der Waals surface area contributed by atoms with E-state index in [2.05, 4.69) is 10.6 Å². The number of hydrogen-bond acceptors (Lipinski definition) is 5. The van der Waals surface area contributed by atoms with Gasteiger partial charge in [-0.15, -0.1) is 0 Å². The molecule has 0 spiro atoms. The summed E-state index contributed by atoms with van der Waals surface area (Å²) < 4.78 is 10.4. The molecule has 1 aromatic carbocycles. The lowest BCUT2D eigenvalue weighted by Crippen LogP contribution is -2.20. The Morgan fingerprint density at radius 1 is 1.24 bits per heavy atom. The van der Waals surface area contributed by atoms with Gasteiger partial charge in [0, 0.05) is 18.3 Å². The summed E-state index contributed by atoms with van der Waals surface area (Å²) >= 11 is 0. The third kappa shape index (κ3) is 3.75. The molecule has 2 amide bonds. The summed E-state index contributed by atoms with van der Waals surface area (Å²) in [4.78, 5) is 22.4. The minimum atomic E-state index is -0.321. The molecule has 0 atom stereocenters. The second kappa shape index (κ2) is 6.78. The molecule has 0 aliphatic carbocycles. The number of carbonyl (C=O) groups excluding carboxylic acids is 2. The van der Waals surface area contributed by atoms with Crippen molar-refractivity contribution in [1.82, 2.24) is 10.6 Å². The van der Waals surface area contributed by atoms with E-state index in [1.807, 2.05) is 18.2 Å². The van der Waals surface area contributed by atoms with Crippen LogP contribution in [0.3, 0.4) is 0 Å². The SMILES string of the molecule is COc1ccc(CCNC=C2CC(=O)NC2=O)cc1OC. The van der Waals surface area contributed by atoms with Gasteiger partial charge < -0.3 is 14.8 Å².